The van der Waals surface area contributed by atoms with Gasteiger partial charge in [-0.2, -0.15) is 8.78 Å². The van der Waals surface area contributed by atoms with Gasteiger partial charge in [-0.3, -0.25) is 4.79 Å². The maximum absolute atomic E-state index is 12.1. The molecule has 0 aliphatic carbocycles. The molecule has 0 unspecified atom stereocenters. The number of carbonyl (C=O) groups is 1. The molecule has 0 N–H and O–H groups in total. The van der Waals surface area contributed by atoms with Crippen molar-refractivity contribution in [3.63, 3.8) is 0 Å². The summed E-state index contributed by atoms with van der Waals surface area (Å²) < 4.78 is 29.4. The van der Waals surface area contributed by atoms with Crippen LogP contribution in [0.1, 0.15) is 15.2 Å². The van der Waals surface area contributed by atoms with Crippen LogP contribution in [0.15, 0.2) is 40.2 Å². The Labute approximate surface area is 121 Å². The second-order valence-corrected chi connectivity index (χ2v) is 5.65. The van der Waals surface area contributed by atoms with Crippen molar-refractivity contribution in [2.24, 2.45) is 0 Å². The van der Waals surface area contributed by atoms with Gasteiger partial charge in [0.15, 0.2) is 5.78 Å². The zero-order valence-electron chi connectivity index (χ0n) is 9.61. The van der Waals surface area contributed by atoms with E-state index >= 15 is 0 Å². The van der Waals surface area contributed by atoms with Crippen LogP contribution < -0.4 is 4.74 Å². The van der Waals surface area contributed by atoms with E-state index in [1.54, 1.807) is 6.07 Å². The van der Waals surface area contributed by atoms with Crippen LogP contribution in [0.2, 0.25) is 0 Å². The summed E-state index contributed by atoms with van der Waals surface area (Å²) in [7, 11) is 0. The molecule has 19 heavy (non-hydrogen) atoms. The molecule has 2 nitrogen and oxygen atoms in total. The van der Waals surface area contributed by atoms with Gasteiger partial charge in [0.1, 0.15) is 5.75 Å². The van der Waals surface area contributed by atoms with Gasteiger partial charge in [0.05, 0.1) is 0 Å². The number of hydrogen-bond acceptors (Lipinski definition) is 3. The van der Waals surface area contributed by atoms with Crippen LogP contribution in [-0.4, -0.2) is 12.4 Å². The molecule has 0 aliphatic rings. The first-order valence-electron chi connectivity index (χ1n) is 5.35. The maximum atomic E-state index is 12.1. The van der Waals surface area contributed by atoms with Crippen LogP contribution in [0.25, 0.3) is 0 Å². The third-order valence-corrected chi connectivity index (χ3v) is 4.04. The van der Waals surface area contributed by atoms with Crippen LogP contribution in [0.4, 0.5) is 8.78 Å². The predicted octanol–water partition coefficient (Wildman–Crippen LogP) is 4.54. The van der Waals surface area contributed by atoms with Gasteiger partial charge < -0.3 is 4.74 Å². The summed E-state index contributed by atoms with van der Waals surface area (Å²) in [5.41, 5.74) is 0.364. The molecule has 0 bridgehead atoms. The van der Waals surface area contributed by atoms with Crippen LogP contribution in [0, 0.1) is 0 Å². The van der Waals surface area contributed by atoms with Crippen LogP contribution in [0.5, 0.6) is 5.75 Å². The Balaban J connectivity index is 2.10. The minimum atomic E-state index is -2.89. The quantitative estimate of drug-likeness (QED) is 0.743. The Morgan fingerprint density at radius 2 is 2.16 bits per heavy atom. The molecule has 0 saturated heterocycles. The van der Waals surface area contributed by atoms with Crippen molar-refractivity contribution in [3.05, 3.63) is 50.6 Å². The summed E-state index contributed by atoms with van der Waals surface area (Å²) in [6.07, 6.45) is 0.244. The summed E-state index contributed by atoms with van der Waals surface area (Å²) in [6.45, 7) is -2.89. The molecule has 1 aromatic carbocycles. The number of benzene rings is 1. The monoisotopic (exact) mass is 346 g/mol. The normalized spacial score (nSPS) is 10.7. The Kier molecular flexibility index (Phi) is 4.66. The molecule has 2 rings (SSSR count). The highest BCUT2D eigenvalue weighted by Crippen LogP contribution is 2.22. The van der Waals surface area contributed by atoms with E-state index in [4.69, 9.17) is 0 Å². The molecule has 0 fully saturated rings. The zero-order chi connectivity index (χ0) is 13.8. The average Bonchev–Trinajstić information content (AvgIpc) is 2.74. The maximum Gasteiger partial charge on any atom is 0.387 e. The summed E-state index contributed by atoms with van der Waals surface area (Å²) in [6, 6.07) is 7.70. The van der Waals surface area contributed by atoms with Crippen molar-refractivity contribution in [1.29, 1.82) is 0 Å². The van der Waals surface area contributed by atoms with Gasteiger partial charge in [-0.1, -0.05) is 12.1 Å². The predicted molar refractivity (Wildman–Crippen MR) is 73.1 cm³/mol. The minimum Gasteiger partial charge on any atom is -0.435 e. The van der Waals surface area contributed by atoms with Gasteiger partial charge in [0, 0.05) is 26.7 Å². The summed E-state index contributed by atoms with van der Waals surface area (Å²) in [5, 5.41) is 1.89. The fourth-order valence-electron chi connectivity index (χ4n) is 1.55. The molecule has 0 atom stereocenters. The highest BCUT2D eigenvalue weighted by Gasteiger charge is 2.11. The average molecular weight is 347 g/mol. The van der Waals surface area contributed by atoms with Gasteiger partial charge in [-0.15, -0.1) is 11.3 Å². The van der Waals surface area contributed by atoms with Crippen LogP contribution in [-0.2, 0) is 6.42 Å². The second-order valence-electron chi connectivity index (χ2n) is 3.74. The number of hydrogen-bond donors (Lipinski definition) is 0. The number of thiophene rings is 1. The lowest BCUT2D eigenvalue weighted by Gasteiger charge is -2.05. The van der Waals surface area contributed by atoms with Gasteiger partial charge >= 0.3 is 6.61 Å². The fourth-order valence-corrected chi connectivity index (χ4v) is 3.00. The molecule has 1 heterocycles. The van der Waals surface area contributed by atoms with E-state index in [2.05, 4.69) is 20.7 Å². The van der Waals surface area contributed by atoms with Crippen molar-refractivity contribution < 1.29 is 18.3 Å². The summed E-state index contributed by atoms with van der Waals surface area (Å²) in [4.78, 5) is 12.9. The van der Waals surface area contributed by atoms with E-state index in [-0.39, 0.29) is 18.0 Å². The number of carbonyl (C=O) groups excluding carboxylic acids is 1. The third kappa shape index (κ3) is 4.11. The van der Waals surface area contributed by atoms with E-state index in [0.29, 0.717) is 5.56 Å². The summed E-state index contributed by atoms with van der Waals surface area (Å²) >= 11 is 4.78. The lowest BCUT2D eigenvalue weighted by atomic mass is 10.1. The highest BCUT2D eigenvalue weighted by molar-refractivity contribution is 9.10. The van der Waals surface area contributed by atoms with Gasteiger partial charge in [0.25, 0.3) is 0 Å². The van der Waals surface area contributed by atoms with Crippen molar-refractivity contribution in [1.82, 2.24) is 0 Å². The number of ketones is 1. The molecular weight excluding hydrogens is 338 g/mol. The Hall–Kier alpha value is -1.27. The molecule has 1 aromatic heterocycles. The van der Waals surface area contributed by atoms with Gasteiger partial charge in [-0.05, 0) is 34.1 Å². The van der Waals surface area contributed by atoms with Crippen molar-refractivity contribution in [2.75, 3.05) is 0 Å². The van der Waals surface area contributed by atoms with Crippen molar-refractivity contribution in [2.45, 2.75) is 13.0 Å². The Morgan fingerprint density at radius 3 is 2.79 bits per heavy atom. The minimum absolute atomic E-state index is 0.00629. The highest BCUT2D eigenvalue weighted by atomic mass is 79.9. The van der Waals surface area contributed by atoms with E-state index in [9.17, 15) is 13.6 Å². The molecule has 0 radical (unpaired) electrons. The largest absolute Gasteiger partial charge is 0.435 e. The number of halogens is 3. The molecule has 0 spiro atoms. The zero-order valence-corrected chi connectivity index (χ0v) is 12.0. The van der Waals surface area contributed by atoms with E-state index < -0.39 is 6.61 Å². The molecule has 0 saturated carbocycles. The molecule has 0 amide bonds. The van der Waals surface area contributed by atoms with Gasteiger partial charge in [0.2, 0.25) is 0 Å². The first-order valence-corrected chi connectivity index (χ1v) is 7.03. The number of alkyl halides is 2. The second kappa shape index (κ2) is 6.25. The van der Waals surface area contributed by atoms with Gasteiger partial charge in [-0.25, -0.2) is 0 Å². The number of ether oxygens (including phenoxy) is 1. The van der Waals surface area contributed by atoms with E-state index in [0.717, 1.165) is 9.35 Å². The van der Waals surface area contributed by atoms with E-state index in [1.807, 2.05) is 11.4 Å². The molecular formula is C13H9BrF2O2S. The topological polar surface area (TPSA) is 26.3 Å². The first kappa shape index (κ1) is 14.1. The SMILES string of the molecule is O=C(Cc1cc(Br)cs1)c1cccc(OC(F)F)c1. The van der Waals surface area contributed by atoms with Crippen molar-refractivity contribution in [3.8, 4) is 5.75 Å². The molecule has 100 valence electrons. The lowest BCUT2D eigenvalue weighted by molar-refractivity contribution is -0.0498. The lowest BCUT2D eigenvalue weighted by Crippen LogP contribution is -2.05. The fraction of sp³-hybridized carbons (Fsp3) is 0.154. The van der Waals surface area contributed by atoms with Crippen LogP contribution >= 0.6 is 27.3 Å². The first-order chi connectivity index (χ1) is 9.04. The standard InChI is InChI=1S/C13H9BrF2O2S/c14-9-5-11(19-7-9)6-12(17)8-2-1-3-10(4-8)18-13(15)16/h1-5,7,13H,6H2. The number of rotatable bonds is 5. The molecule has 0 aliphatic heterocycles. The Bertz CT molecular complexity index is 584. The third-order valence-electron chi connectivity index (χ3n) is 2.34. The Morgan fingerprint density at radius 1 is 1.37 bits per heavy atom. The molecule has 6 heteroatoms. The summed E-state index contributed by atoms with van der Waals surface area (Å²) in [5.74, 6) is -0.137. The molecule has 2 aromatic rings. The number of Topliss-reactive ketones (excluding diaryl/α,β-unsaturated/α-hetero) is 1. The van der Waals surface area contributed by atoms with E-state index in [1.165, 1.54) is 29.5 Å². The smallest absolute Gasteiger partial charge is 0.387 e. The van der Waals surface area contributed by atoms with Crippen molar-refractivity contribution >= 4 is 33.0 Å². The van der Waals surface area contributed by atoms with Crippen LogP contribution in [0.3, 0.4) is 0 Å².